The number of anilines is 2. The summed E-state index contributed by atoms with van der Waals surface area (Å²) in [5.74, 6) is 1.51. The van der Waals surface area contributed by atoms with Crippen LogP contribution in [0.25, 0.3) is 0 Å². The molecule has 1 amide bonds. The summed E-state index contributed by atoms with van der Waals surface area (Å²) in [6.45, 7) is 5.87. The number of amides is 1. The highest BCUT2D eigenvalue weighted by atomic mass is 16.5. The summed E-state index contributed by atoms with van der Waals surface area (Å²) in [4.78, 5) is 16.8. The van der Waals surface area contributed by atoms with Crippen LogP contribution in [-0.2, 0) is 0 Å². The number of aromatic nitrogens is 2. The fourth-order valence-electron chi connectivity index (χ4n) is 3.34. The van der Waals surface area contributed by atoms with E-state index < -0.39 is 0 Å². The van der Waals surface area contributed by atoms with E-state index in [0.29, 0.717) is 24.6 Å². The van der Waals surface area contributed by atoms with E-state index in [-0.39, 0.29) is 5.91 Å². The maximum absolute atomic E-state index is 12.7. The highest BCUT2D eigenvalue weighted by Crippen LogP contribution is 2.28. The van der Waals surface area contributed by atoms with Crippen molar-refractivity contribution in [1.29, 1.82) is 0 Å². The molecule has 1 aliphatic heterocycles. The molecule has 0 saturated carbocycles. The molecular formula is C21H29N5O2. The lowest BCUT2D eigenvalue weighted by molar-refractivity contribution is 0.0739. The maximum atomic E-state index is 12.7. The van der Waals surface area contributed by atoms with E-state index in [1.807, 2.05) is 35.2 Å². The summed E-state index contributed by atoms with van der Waals surface area (Å²) in [7, 11) is 1.68. The average molecular weight is 383 g/mol. The lowest BCUT2D eigenvalue weighted by atomic mass is 10.2. The first-order valence-corrected chi connectivity index (χ1v) is 9.97. The van der Waals surface area contributed by atoms with Crippen molar-refractivity contribution in [3.8, 4) is 5.75 Å². The molecule has 0 aliphatic carbocycles. The number of para-hydroxylation sites is 2. The summed E-state index contributed by atoms with van der Waals surface area (Å²) in [5, 5.41) is 11.5. The van der Waals surface area contributed by atoms with Gasteiger partial charge in [-0.1, -0.05) is 31.9 Å². The Labute approximate surface area is 166 Å². The smallest absolute Gasteiger partial charge is 0.274 e. The molecule has 2 heterocycles. The third kappa shape index (κ3) is 4.91. The zero-order valence-electron chi connectivity index (χ0n) is 16.7. The minimum atomic E-state index is -0.0651. The summed E-state index contributed by atoms with van der Waals surface area (Å²) in [6.07, 6.45) is 3.48. The predicted octanol–water partition coefficient (Wildman–Crippen LogP) is 3.05. The first-order chi connectivity index (χ1) is 13.7. The van der Waals surface area contributed by atoms with Gasteiger partial charge in [-0.2, -0.15) is 0 Å². The van der Waals surface area contributed by atoms with Gasteiger partial charge in [0.25, 0.3) is 5.91 Å². The van der Waals surface area contributed by atoms with Crippen LogP contribution in [-0.4, -0.2) is 60.8 Å². The van der Waals surface area contributed by atoms with Gasteiger partial charge in [0.2, 0.25) is 0 Å². The fraction of sp³-hybridized carbons (Fsp3) is 0.476. The average Bonchev–Trinajstić information content (AvgIpc) is 2.77. The third-order valence-electron chi connectivity index (χ3n) is 4.96. The maximum Gasteiger partial charge on any atom is 0.274 e. The van der Waals surface area contributed by atoms with Crippen molar-refractivity contribution < 1.29 is 9.53 Å². The molecule has 2 aromatic rings. The van der Waals surface area contributed by atoms with E-state index in [2.05, 4.69) is 27.3 Å². The molecule has 1 aromatic heterocycles. The topological polar surface area (TPSA) is 70.6 Å². The molecular weight excluding hydrogens is 354 g/mol. The molecule has 1 aliphatic rings. The highest BCUT2D eigenvalue weighted by Gasteiger charge is 2.24. The van der Waals surface area contributed by atoms with Crippen LogP contribution in [0.15, 0.2) is 36.4 Å². The molecule has 1 aromatic carbocycles. The van der Waals surface area contributed by atoms with Crippen molar-refractivity contribution in [1.82, 2.24) is 15.1 Å². The van der Waals surface area contributed by atoms with Gasteiger partial charge in [0.1, 0.15) is 11.6 Å². The molecule has 7 nitrogen and oxygen atoms in total. The summed E-state index contributed by atoms with van der Waals surface area (Å²) >= 11 is 0. The summed E-state index contributed by atoms with van der Waals surface area (Å²) in [6, 6.07) is 11.6. The van der Waals surface area contributed by atoms with Crippen LogP contribution in [0, 0.1) is 0 Å². The first kappa shape index (κ1) is 19.9. The number of rotatable bonds is 8. The molecule has 1 saturated heterocycles. The first-order valence-electron chi connectivity index (χ1n) is 9.97. The van der Waals surface area contributed by atoms with Gasteiger partial charge in [-0.05, 0) is 30.7 Å². The van der Waals surface area contributed by atoms with Gasteiger partial charge in [-0.15, -0.1) is 10.2 Å². The molecule has 3 rings (SSSR count). The molecule has 150 valence electrons. The quantitative estimate of drug-likeness (QED) is 0.707. The Hall–Kier alpha value is -2.83. The van der Waals surface area contributed by atoms with Crippen molar-refractivity contribution >= 4 is 17.4 Å². The Balaban J connectivity index is 1.53. The lowest BCUT2D eigenvalue weighted by Gasteiger charge is -2.36. The van der Waals surface area contributed by atoms with Gasteiger partial charge in [0.05, 0.1) is 12.8 Å². The second-order valence-corrected chi connectivity index (χ2v) is 6.89. The molecule has 0 unspecified atom stereocenters. The zero-order valence-corrected chi connectivity index (χ0v) is 16.7. The number of nitrogens with zero attached hydrogens (tertiary/aromatic N) is 4. The fourth-order valence-corrected chi connectivity index (χ4v) is 3.34. The number of ether oxygens (including phenoxy) is 1. The van der Waals surface area contributed by atoms with E-state index in [9.17, 15) is 4.79 Å². The minimum Gasteiger partial charge on any atom is -0.495 e. The van der Waals surface area contributed by atoms with Crippen LogP contribution < -0.4 is 15.0 Å². The second kappa shape index (κ2) is 9.92. The number of hydrogen-bond acceptors (Lipinski definition) is 6. The van der Waals surface area contributed by atoms with Crippen molar-refractivity contribution in [2.75, 3.05) is 50.1 Å². The van der Waals surface area contributed by atoms with Gasteiger partial charge in [0, 0.05) is 32.7 Å². The molecule has 28 heavy (non-hydrogen) atoms. The van der Waals surface area contributed by atoms with Crippen molar-refractivity contribution in [2.24, 2.45) is 0 Å². The van der Waals surface area contributed by atoms with Gasteiger partial charge in [0.15, 0.2) is 5.69 Å². The van der Waals surface area contributed by atoms with E-state index in [1.165, 1.54) is 12.8 Å². The molecule has 0 radical (unpaired) electrons. The molecule has 0 atom stereocenters. The van der Waals surface area contributed by atoms with Crippen molar-refractivity contribution in [2.45, 2.75) is 26.2 Å². The minimum absolute atomic E-state index is 0.0651. The molecule has 1 N–H and O–H groups in total. The third-order valence-corrected chi connectivity index (χ3v) is 4.96. The molecule has 0 bridgehead atoms. The Morgan fingerprint density at radius 2 is 1.86 bits per heavy atom. The Bertz CT molecular complexity index is 758. The number of methoxy groups -OCH3 is 1. The van der Waals surface area contributed by atoms with Crippen LogP contribution in [0.3, 0.4) is 0 Å². The van der Waals surface area contributed by atoms with Crippen LogP contribution in [0.1, 0.15) is 36.7 Å². The van der Waals surface area contributed by atoms with Gasteiger partial charge in [-0.25, -0.2) is 0 Å². The number of unbranched alkanes of at least 4 members (excludes halogenated alkanes) is 2. The lowest BCUT2D eigenvalue weighted by Crippen LogP contribution is -2.49. The van der Waals surface area contributed by atoms with E-state index in [0.717, 1.165) is 37.5 Å². The summed E-state index contributed by atoms with van der Waals surface area (Å²) in [5.41, 5.74) is 1.46. The number of benzene rings is 1. The normalized spacial score (nSPS) is 14.1. The van der Waals surface area contributed by atoms with Crippen LogP contribution in [0.4, 0.5) is 11.5 Å². The number of carbonyl (C=O) groups is 1. The highest BCUT2D eigenvalue weighted by molar-refractivity contribution is 5.92. The standard InChI is InChI=1S/C21H29N5O2/c1-3-4-7-12-22-20-11-10-17(23-24-20)21(27)26-15-13-25(14-16-26)18-8-5-6-9-19(18)28-2/h5-6,8-11H,3-4,7,12-16H2,1-2H3,(H,22,24). The Morgan fingerprint density at radius 1 is 1.07 bits per heavy atom. The van der Waals surface area contributed by atoms with Gasteiger partial charge >= 0.3 is 0 Å². The van der Waals surface area contributed by atoms with Gasteiger partial charge < -0.3 is 19.9 Å². The van der Waals surface area contributed by atoms with Crippen LogP contribution in [0.2, 0.25) is 0 Å². The number of hydrogen-bond donors (Lipinski definition) is 1. The Kier molecular flexibility index (Phi) is 7.06. The summed E-state index contributed by atoms with van der Waals surface area (Å²) < 4.78 is 5.45. The molecule has 7 heteroatoms. The SMILES string of the molecule is CCCCCNc1ccc(C(=O)N2CCN(c3ccccc3OC)CC2)nn1. The predicted molar refractivity (Wildman–Crippen MR) is 111 cm³/mol. The number of piperazine rings is 1. The Morgan fingerprint density at radius 3 is 2.54 bits per heavy atom. The largest absolute Gasteiger partial charge is 0.495 e. The van der Waals surface area contributed by atoms with Crippen LogP contribution in [0.5, 0.6) is 5.75 Å². The van der Waals surface area contributed by atoms with Crippen molar-refractivity contribution in [3.63, 3.8) is 0 Å². The monoisotopic (exact) mass is 383 g/mol. The van der Waals surface area contributed by atoms with Crippen molar-refractivity contribution in [3.05, 3.63) is 42.1 Å². The van der Waals surface area contributed by atoms with Crippen LogP contribution >= 0.6 is 0 Å². The molecule has 1 fully saturated rings. The zero-order chi connectivity index (χ0) is 19.8. The number of carbonyl (C=O) groups excluding carboxylic acids is 1. The van der Waals surface area contributed by atoms with E-state index in [1.54, 1.807) is 13.2 Å². The molecule has 0 spiro atoms. The van der Waals surface area contributed by atoms with E-state index >= 15 is 0 Å². The van der Waals surface area contributed by atoms with E-state index in [4.69, 9.17) is 4.74 Å². The number of nitrogens with one attached hydrogen (secondary N) is 1. The second-order valence-electron chi connectivity index (χ2n) is 6.89. The van der Waals surface area contributed by atoms with Gasteiger partial charge in [-0.3, -0.25) is 4.79 Å².